The summed E-state index contributed by atoms with van der Waals surface area (Å²) >= 11 is 0. The number of hydrogen-bond acceptors (Lipinski definition) is 5. The van der Waals surface area contributed by atoms with Crippen molar-refractivity contribution < 1.29 is 19.1 Å². The number of amides is 2. The molecule has 0 saturated heterocycles. The molecule has 134 valence electrons. The van der Waals surface area contributed by atoms with Crippen LogP contribution in [0.3, 0.4) is 0 Å². The minimum Gasteiger partial charge on any atom is -0.468 e. The van der Waals surface area contributed by atoms with E-state index in [-0.39, 0.29) is 24.9 Å². The molecule has 0 aliphatic heterocycles. The van der Waals surface area contributed by atoms with Gasteiger partial charge in [-0.2, -0.15) is 0 Å². The quantitative estimate of drug-likeness (QED) is 0.637. The number of nitrogens with two attached hydrogens (primary N) is 1. The fraction of sp³-hybridized carbons (Fsp3) is 0.438. The first-order chi connectivity index (χ1) is 10.8. The van der Waals surface area contributed by atoms with Crippen molar-refractivity contribution in [3.63, 3.8) is 0 Å². The first-order valence-electron chi connectivity index (χ1n) is 7.35. The zero-order valence-corrected chi connectivity index (χ0v) is 14.8. The first kappa shape index (κ1) is 21.9. The topological polar surface area (TPSA) is 111 Å². The van der Waals surface area contributed by atoms with E-state index in [1.807, 2.05) is 13.8 Å². The molecule has 1 aromatic carbocycles. The summed E-state index contributed by atoms with van der Waals surface area (Å²) < 4.78 is 4.44. The Morgan fingerprint density at radius 2 is 1.75 bits per heavy atom. The van der Waals surface area contributed by atoms with Gasteiger partial charge in [0.05, 0.1) is 13.2 Å². The third-order valence-corrected chi connectivity index (χ3v) is 3.10. The molecule has 24 heavy (non-hydrogen) atoms. The van der Waals surface area contributed by atoms with Crippen molar-refractivity contribution in [3.8, 4) is 0 Å². The van der Waals surface area contributed by atoms with Crippen molar-refractivity contribution in [1.29, 1.82) is 0 Å². The number of rotatable bonds is 7. The lowest BCUT2D eigenvalue weighted by Crippen LogP contribution is -2.36. The van der Waals surface area contributed by atoms with E-state index in [9.17, 15) is 14.4 Å². The number of nitrogens with one attached hydrogen (secondary N) is 2. The summed E-state index contributed by atoms with van der Waals surface area (Å²) in [6, 6.07) is 5.74. The van der Waals surface area contributed by atoms with Crippen LogP contribution in [0.1, 0.15) is 30.6 Å². The van der Waals surface area contributed by atoms with Crippen LogP contribution in [0.5, 0.6) is 0 Å². The third-order valence-electron chi connectivity index (χ3n) is 3.10. The average molecular weight is 358 g/mol. The van der Waals surface area contributed by atoms with Gasteiger partial charge in [-0.15, -0.1) is 12.4 Å². The molecule has 1 rings (SSSR count). The Kier molecular flexibility index (Phi) is 9.68. The Morgan fingerprint density at radius 1 is 1.17 bits per heavy atom. The van der Waals surface area contributed by atoms with Crippen LogP contribution in [0.2, 0.25) is 0 Å². The molecule has 1 aromatic rings. The molecule has 8 heteroatoms. The van der Waals surface area contributed by atoms with Gasteiger partial charge in [0.25, 0.3) is 5.91 Å². The molecule has 0 heterocycles. The summed E-state index contributed by atoms with van der Waals surface area (Å²) in [6.07, 6.45) is 0.597. The fourth-order valence-corrected chi connectivity index (χ4v) is 1.88. The highest BCUT2D eigenvalue weighted by atomic mass is 35.5. The molecule has 1 atom stereocenters. The smallest absolute Gasteiger partial charge is 0.325 e. The number of halogens is 1. The number of benzene rings is 1. The first-order valence-corrected chi connectivity index (χ1v) is 7.35. The van der Waals surface area contributed by atoms with Gasteiger partial charge >= 0.3 is 5.97 Å². The molecule has 0 aliphatic rings. The number of anilines is 1. The molecule has 4 N–H and O–H groups in total. The Hall–Kier alpha value is -2.12. The van der Waals surface area contributed by atoms with Crippen LogP contribution in [-0.4, -0.2) is 37.5 Å². The molecule has 0 radical (unpaired) electrons. The van der Waals surface area contributed by atoms with Gasteiger partial charge in [0.2, 0.25) is 5.91 Å². The Balaban J connectivity index is 0.00000529. The molecular formula is C16H24ClN3O4. The van der Waals surface area contributed by atoms with Crippen LogP contribution in [0, 0.1) is 5.92 Å². The lowest BCUT2D eigenvalue weighted by molar-refractivity contribution is -0.139. The summed E-state index contributed by atoms with van der Waals surface area (Å²) in [4.78, 5) is 34.7. The maximum Gasteiger partial charge on any atom is 0.325 e. The SMILES string of the molecule is COC(=O)CNC(=O)c1ccc(NC(=O)[C@@H](N)CC(C)C)cc1.Cl. The van der Waals surface area contributed by atoms with Crippen LogP contribution < -0.4 is 16.4 Å². The van der Waals surface area contributed by atoms with Crippen molar-refractivity contribution in [2.45, 2.75) is 26.3 Å². The minimum atomic E-state index is -0.571. The Morgan fingerprint density at radius 3 is 2.25 bits per heavy atom. The molecule has 7 nitrogen and oxygen atoms in total. The zero-order valence-electron chi connectivity index (χ0n) is 14.0. The average Bonchev–Trinajstić information content (AvgIpc) is 2.52. The van der Waals surface area contributed by atoms with Crippen molar-refractivity contribution in [2.75, 3.05) is 19.0 Å². The van der Waals surface area contributed by atoms with E-state index in [1.165, 1.54) is 7.11 Å². The van der Waals surface area contributed by atoms with Crippen LogP contribution in [0.15, 0.2) is 24.3 Å². The Labute approximate surface area is 147 Å². The molecule has 0 saturated carbocycles. The highest BCUT2D eigenvalue weighted by Gasteiger charge is 2.15. The molecule has 0 fully saturated rings. The minimum absolute atomic E-state index is 0. The van der Waals surface area contributed by atoms with Crippen LogP contribution in [0.25, 0.3) is 0 Å². The molecule has 0 aliphatic carbocycles. The van der Waals surface area contributed by atoms with Gasteiger partial charge in [0.1, 0.15) is 6.54 Å². The lowest BCUT2D eigenvalue weighted by Gasteiger charge is -2.14. The molecule has 0 unspecified atom stereocenters. The summed E-state index contributed by atoms with van der Waals surface area (Å²) in [6.45, 7) is 3.79. The normalized spacial score (nSPS) is 11.2. The summed E-state index contributed by atoms with van der Waals surface area (Å²) in [5.74, 6) is -0.857. The van der Waals surface area contributed by atoms with E-state index in [0.29, 0.717) is 23.6 Å². The fourth-order valence-electron chi connectivity index (χ4n) is 1.88. The number of hydrogen-bond donors (Lipinski definition) is 3. The number of methoxy groups -OCH3 is 1. The van der Waals surface area contributed by atoms with E-state index < -0.39 is 17.9 Å². The van der Waals surface area contributed by atoms with E-state index in [2.05, 4.69) is 15.4 Å². The number of esters is 1. The molecule has 0 bridgehead atoms. The van der Waals surface area contributed by atoms with E-state index in [1.54, 1.807) is 24.3 Å². The van der Waals surface area contributed by atoms with Gasteiger partial charge in [0.15, 0.2) is 0 Å². The van der Waals surface area contributed by atoms with Gasteiger partial charge in [-0.25, -0.2) is 0 Å². The zero-order chi connectivity index (χ0) is 17.4. The number of ether oxygens (including phenoxy) is 1. The summed E-state index contributed by atoms with van der Waals surface area (Å²) in [5.41, 5.74) is 6.73. The monoisotopic (exact) mass is 357 g/mol. The Bertz CT molecular complexity index is 561. The van der Waals surface area contributed by atoms with Crippen LogP contribution in [0.4, 0.5) is 5.69 Å². The van der Waals surface area contributed by atoms with E-state index in [4.69, 9.17) is 5.73 Å². The van der Waals surface area contributed by atoms with Crippen molar-refractivity contribution in [3.05, 3.63) is 29.8 Å². The maximum atomic E-state index is 11.9. The summed E-state index contributed by atoms with van der Waals surface area (Å²) in [5, 5.41) is 5.13. The van der Waals surface area contributed by atoms with Gasteiger partial charge in [0, 0.05) is 11.3 Å². The largest absolute Gasteiger partial charge is 0.468 e. The van der Waals surface area contributed by atoms with Crippen LogP contribution >= 0.6 is 12.4 Å². The van der Waals surface area contributed by atoms with Gasteiger partial charge in [-0.3, -0.25) is 14.4 Å². The van der Waals surface area contributed by atoms with E-state index >= 15 is 0 Å². The highest BCUT2D eigenvalue weighted by Crippen LogP contribution is 2.11. The highest BCUT2D eigenvalue weighted by molar-refractivity contribution is 5.98. The molecule has 2 amide bonds. The predicted octanol–water partition coefficient (Wildman–Crippen LogP) is 1.32. The second kappa shape index (κ2) is 10.6. The van der Waals surface area contributed by atoms with Crippen molar-refractivity contribution in [2.24, 2.45) is 11.7 Å². The molecule has 0 spiro atoms. The maximum absolute atomic E-state index is 11.9. The van der Waals surface area contributed by atoms with Gasteiger partial charge in [-0.1, -0.05) is 13.8 Å². The second-order valence-electron chi connectivity index (χ2n) is 5.56. The van der Waals surface area contributed by atoms with Gasteiger partial charge in [-0.05, 0) is 36.6 Å². The van der Waals surface area contributed by atoms with Crippen molar-refractivity contribution in [1.82, 2.24) is 5.32 Å². The number of carbonyl (C=O) groups is 3. The third kappa shape index (κ3) is 7.43. The van der Waals surface area contributed by atoms with Gasteiger partial charge < -0.3 is 21.1 Å². The summed E-state index contributed by atoms with van der Waals surface area (Å²) in [7, 11) is 1.25. The molecule has 0 aromatic heterocycles. The standard InChI is InChI=1S/C16H23N3O4.ClH/c1-10(2)8-13(17)16(22)19-12-6-4-11(5-7-12)15(21)18-9-14(20)23-3;/h4-7,10,13H,8-9,17H2,1-3H3,(H,18,21)(H,19,22);1H/t13-;/m0./s1. The van der Waals surface area contributed by atoms with Crippen molar-refractivity contribution >= 4 is 35.9 Å². The van der Waals surface area contributed by atoms with E-state index in [0.717, 1.165) is 0 Å². The molecular weight excluding hydrogens is 334 g/mol. The predicted molar refractivity (Wildman–Crippen MR) is 94.1 cm³/mol. The lowest BCUT2D eigenvalue weighted by atomic mass is 10.0. The van der Waals surface area contributed by atoms with Crippen LogP contribution in [-0.2, 0) is 14.3 Å². The number of carbonyl (C=O) groups excluding carboxylic acids is 3. The second-order valence-corrected chi connectivity index (χ2v) is 5.56.